The van der Waals surface area contributed by atoms with Crippen LogP contribution >= 0.6 is 0 Å². The van der Waals surface area contributed by atoms with E-state index in [9.17, 15) is 0 Å². The topological polar surface area (TPSA) is 63.4 Å². The fourth-order valence-corrected chi connectivity index (χ4v) is 3.21. The molecule has 1 aromatic rings. The Morgan fingerprint density at radius 1 is 1.24 bits per heavy atom. The molecule has 3 N–H and O–H groups in total. The van der Waals surface area contributed by atoms with Crippen molar-refractivity contribution in [1.29, 1.82) is 0 Å². The standard InChI is InChI=1S/C16H26N4O/c1-12-11-18-16(19-14-4-2-13(17)3-5-14)10-15(12)20-6-8-21-9-7-20/h10-11,13-14H,2-9,17H2,1H3,(H,18,19)/t13-,14+. The van der Waals surface area contributed by atoms with Gasteiger partial charge in [0, 0.05) is 43.1 Å². The summed E-state index contributed by atoms with van der Waals surface area (Å²) in [5.74, 6) is 0.988. The van der Waals surface area contributed by atoms with Crippen LogP contribution in [0.3, 0.4) is 0 Å². The van der Waals surface area contributed by atoms with Gasteiger partial charge in [0.1, 0.15) is 5.82 Å². The number of aromatic nitrogens is 1. The zero-order chi connectivity index (χ0) is 14.7. The fraction of sp³-hybridized carbons (Fsp3) is 0.688. The second kappa shape index (κ2) is 6.62. The van der Waals surface area contributed by atoms with E-state index >= 15 is 0 Å². The Kier molecular flexibility index (Phi) is 4.60. The smallest absolute Gasteiger partial charge is 0.128 e. The number of hydrogen-bond acceptors (Lipinski definition) is 5. The number of nitrogens with two attached hydrogens (primary N) is 1. The highest BCUT2D eigenvalue weighted by molar-refractivity contribution is 5.59. The second-order valence-electron chi connectivity index (χ2n) is 6.21. The van der Waals surface area contributed by atoms with Crippen molar-refractivity contribution in [1.82, 2.24) is 4.98 Å². The van der Waals surface area contributed by atoms with Crippen LogP contribution in [0, 0.1) is 6.92 Å². The monoisotopic (exact) mass is 290 g/mol. The molecule has 3 rings (SSSR count). The largest absolute Gasteiger partial charge is 0.378 e. The van der Waals surface area contributed by atoms with Gasteiger partial charge in [0.2, 0.25) is 0 Å². The van der Waals surface area contributed by atoms with E-state index < -0.39 is 0 Å². The van der Waals surface area contributed by atoms with Crippen molar-refractivity contribution in [2.45, 2.75) is 44.7 Å². The predicted octanol–water partition coefficient (Wildman–Crippen LogP) is 1.91. The van der Waals surface area contributed by atoms with Crippen LogP contribution in [0.25, 0.3) is 0 Å². The second-order valence-corrected chi connectivity index (χ2v) is 6.21. The molecule has 1 aromatic heterocycles. The first-order valence-electron chi connectivity index (χ1n) is 8.04. The van der Waals surface area contributed by atoms with Gasteiger partial charge in [-0.2, -0.15) is 0 Å². The molecule has 1 aliphatic heterocycles. The lowest BCUT2D eigenvalue weighted by molar-refractivity contribution is 0.122. The van der Waals surface area contributed by atoms with Gasteiger partial charge in [-0.15, -0.1) is 0 Å². The van der Waals surface area contributed by atoms with Gasteiger partial charge in [0.25, 0.3) is 0 Å². The van der Waals surface area contributed by atoms with E-state index in [4.69, 9.17) is 10.5 Å². The summed E-state index contributed by atoms with van der Waals surface area (Å²) >= 11 is 0. The third kappa shape index (κ3) is 3.66. The molecule has 2 fully saturated rings. The summed E-state index contributed by atoms with van der Waals surface area (Å²) in [6.07, 6.45) is 6.48. The molecule has 21 heavy (non-hydrogen) atoms. The molecule has 1 aliphatic carbocycles. The van der Waals surface area contributed by atoms with Crippen LogP contribution in [0.4, 0.5) is 11.5 Å². The van der Waals surface area contributed by atoms with Gasteiger partial charge in [0.05, 0.1) is 13.2 Å². The van der Waals surface area contributed by atoms with E-state index in [2.05, 4.69) is 28.2 Å². The highest BCUT2D eigenvalue weighted by Gasteiger charge is 2.19. The Morgan fingerprint density at radius 2 is 1.95 bits per heavy atom. The van der Waals surface area contributed by atoms with Crippen LogP contribution in [0.15, 0.2) is 12.3 Å². The maximum Gasteiger partial charge on any atom is 0.128 e. The van der Waals surface area contributed by atoms with Gasteiger partial charge >= 0.3 is 0 Å². The lowest BCUT2D eigenvalue weighted by Gasteiger charge is -2.31. The van der Waals surface area contributed by atoms with E-state index in [1.165, 1.54) is 11.3 Å². The number of ether oxygens (including phenoxy) is 1. The lowest BCUT2D eigenvalue weighted by atomic mass is 9.92. The number of aryl methyl sites for hydroxylation is 1. The molecule has 0 radical (unpaired) electrons. The van der Waals surface area contributed by atoms with Crippen molar-refractivity contribution in [2.75, 3.05) is 36.5 Å². The van der Waals surface area contributed by atoms with Crippen LogP contribution in [0.1, 0.15) is 31.2 Å². The Hall–Kier alpha value is -1.33. The van der Waals surface area contributed by atoms with Crippen molar-refractivity contribution in [3.63, 3.8) is 0 Å². The van der Waals surface area contributed by atoms with E-state index in [1.807, 2.05) is 6.20 Å². The summed E-state index contributed by atoms with van der Waals surface area (Å²) in [6.45, 7) is 5.67. The van der Waals surface area contributed by atoms with Crippen LogP contribution in [-0.4, -0.2) is 43.4 Å². The summed E-state index contributed by atoms with van der Waals surface area (Å²) in [6, 6.07) is 3.09. The molecule has 1 saturated carbocycles. The fourth-order valence-electron chi connectivity index (χ4n) is 3.21. The number of morpholine rings is 1. The van der Waals surface area contributed by atoms with Crippen molar-refractivity contribution in [3.05, 3.63) is 17.8 Å². The third-order valence-electron chi connectivity index (χ3n) is 4.55. The molecular formula is C16H26N4O. The molecule has 2 aliphatic rings. The van der Waals surface area contributed by atoms with Crippen LogP contribution in [0.2, 0.25) is 0 Å². The average molecular weight is 290 g/mol. The maximum atomic E-state index is 5.97. The highest BCUT2D eigenvalue weighted by Crippen LogP contribution is 2.26. The third-order valence-corrected chi connectivity index (χ3v) is 4.55. The van der Waals surface area contributed by atoms with Crippen molar-refractivity contribution < 1.29 is 4.74 Å². The summed E-state index contributed by atoms with van der Waals surface area (Å²) in [7, 11) is 0. The van der Waals surface area contributed by atoms with Gasteiger partial charge in [-0.05, 0) is 38.2 Å². The Balaban J connectivity index is 1.68. The minimum Gasteiger partial charge on any atom is -0.378 e. The van der Waals surface area contributed by atoms with E-state index in [0.717, 1.165) is 57.8 Å². The molecule has 1 saturated heterocycles. The number of nitrogens with zero attached hydrogens (tertiary/aromatic N) is 2. The SMILES string of the molecule is Cc1cnc(N[C@H]2CC[C@@H](N)CC2)cc1N1CCOCC1. The molecular weight excluding hydrogens is 264 g/mol. The molecule has 5 nitrogen and oxygen atoms in total. The van der Waals surface area contributed by atoms with Gasteiger partial charge in [0.15, 0.2) is 0 Å². The van der Waals surface area contributed by atoms with Crippen LogP contribution in [-0.2, 0) is 4.74 Å². The molecule has 0 unspecified atom stereocenters. The molecule has 5 heteroatoms. The Bertz CT molecular complexity index is 465. The first kappa shape index (κ1) is 14.6. The predicted molar refractivity (Wildman–Crippen MR) is 85.9 cm³/mol. The Labute approximate surface area is 126 Å². The zero-order valence-corrected chi connectivity index (χ0v) is 12.8. The minimum atomic E-state index is 0.387. The normalized spacial score (nSPS) is 26.7. The van der Waals surface area contributed by atoms with Gasteiger partial charge in [-0.25, -0.2) is 4.98 Å². The maximum absolute atomic E-state index is 5.97. The highest BCUT2D eigenvalue weighted by atomic mass is 16.5. The van der Waals surface area contributed by atoms with Crippen LogP contribution < -0.4 is 16.0 Å². The molecule has 0 aromatic carbocycles. The number of pyridine rings is 1. The molecule has 0 amide bonds. The lowest BCUT2D eigenvalue weighted by Crippen LogP contribution is -2.37. The number of rotatable bonds is 3. The zero-order valence-electron chi connectivity index (χ0n) is 12.8. The first-order valence-corrected chi connectivity index (χ1v) is 8.04. The van der Waals surface area contributed by atoms with E-state index in [0.29, 0.717) is 12.1 Å². The Morgan fingerprint density at radius 3 is 2.67 bits per heavy atom. The number of anilines is 2. The van der Waals surface area contributed by atoms with Gasteiger partial charge in [-0.1, -0.05) is 0 Å². The number of hydrogen-bond donors (Lipinski definition) is 2. The molecule has 2 heterocycles. The number of nitrogens with one attached hydrogen (secondary N) is 1. The van der Waals surface area contributed by atoms with Gasteiger partial charge in [-0.3, -0.25) is 0 Å². The molecule has 116 valence electrons. The minimum absolute atomic E-state index is 0.387. The van der Waals surface area contributed by atoms with E-state index in [-0.39, 0.29) is 0 Å². The first-order chi connectivity index (χ1) is 10.2. The van der Waals surface area contributed by atoms with Crippen molar-refractivity contribution in [2.24, 2.45) is 5.73 Å². The van der Waals surface area contributed by atoms with Crippen molar-refractivity contribution >= 4 is 11.5 Å². The molecule has 0 spiro atoms. The summed E-state index contributed by atoms with van der Waals surface area (Å²) in [5.41, 5.74) is 8.48. The summed E-state index contributed by atoms with van der Waals surface area (Å²) in [4.78, 5) is 6.94. The van der Waals surface area contributed by atoms with Gasteiger partial charge < -0.3 is 20.7 Å². The van der Waals surface area contributed by atoms with Crippen LogP contribution in [0.5, 0.6) is 0 Å². The summed E-state index contributed by atoms with van der Waals surface area (Å²) < 4.78 is 5.44. The van der Waals surface area contributed by atoms with Crippen molar-refractivity contribution in [3.8, 4) is 0 Å². The molecule has 0 bridgehead atoms. The average Bonchev–Trinajstić information content (AvgIpc) is 2.52. The quantitative estimate of drug-likeness (QED) is 0.890. The molecule has 0 atom stereocenters. The summed E-state index contributed by atoms with van der Waals surface area (Å²) in [5, 5.41) is 3.58. The van der Waals surface area contributed by atoms with E-state index in [1.54, 1.807) is 0 Å².